The van der Waals surface area contributed by atoms with E-state index in [1.54, 1.807) is 35.0 Å². The number of imidazole rings is 1. The standard InChI is InChI=1S/C16H14N4O/c1-2-3-6-11-9-20-10-13(18-16(20)19-15(11)17)12-7-4-5-8-14(12)21/h4-5,7-10,21H,2H2,1H3,(H2,17,18,19). The Morgan fingerprint density at radius 2 is 2.05 bits per heavy atom. The molecule has 0 saturated carbocycles. The number of hydrogen-bond donors (Lipinski definition) is 2. The van der Waals surface area contributed by atoms with Gasteiger partial charge in [0.15, 0.2) is 0 Å². The monoisotopic (exact) mass is 278 g/mol. The van der Waals surface area contributed by atoms with E-state index in [0.29, 0.717) is 28.4 Å². The van der Waals surface area contributed by atoms with Crippen LogP contribution in [-0.2, 0) is 0 Å². The third-order valence-electron chi connectivity index (χ3n) is 3.06. The van der Waals surface area contributed by atoms with Crippen LogP contribution in [0.1, 0.15) is 18.9 Å². The zero-order valence-corrected chi connectivity index (χ0v) is 11.5. The number of rotatable bonds is 1. The van der Waals surface area contributed by atoms with Crippen molar-refractivity contribution in [3.63, 3.8) is 0 Å². The summed E-state index contributed by atoms with van der Waals surface area (Å²) >= 11 is 0. The Balaban J connectivity index is 2.15. The van der Waals surface area contributed by atoms with Crippen molar-refractivity contribution in [1.82, 2.24) is 14.4 Å². The van der Waals surface area contributed by atoms with E-state index in [9.17, 15) is 5.11 Å². The lowest BCUT2D eigenvalue weighted by Crippen LogP contribution is -1.98. The summed E-state index contributed by atoms with van der Waals surface area (Å²) in [5.41, 5.74) is 7.86. The summed E-state index contributed by atoms with van der Waals surface area (Å²) in [6.07, 6.45) is 4.36. The number of aromatic nitrogens is 3. The van der Waals surface area contributed by atoms with Gasteiger partial charge in [0.1, 0.15) is 11.6 Å². The summed E-state index contributed by atoms with van der Waals surface area (Å²) in [4.78, 5) is 8.64. The van der Waals surface area contributed by atoms with Gasteiger partial charge >= 0.3 is 0 Å². The van der Waals surface area contributed by atoms with E-state index in [4.69, 9.17) is 5.73 Å². The molecule has 2 aromatic heterocycles. The van der Waals surface area contributed by atoms with E-state index < -0.39 is 0 Å². The lowest BCUT2D eigenvalue weighted by Gasteiger charge is -1.98. The predicted octanol–water partition coefficient (Wildman–Crippen LogP) is 2.45. The van der Waals surface area contributed by atoms with Crippen LogP contribution < -0.4 is 5.73 Å². The van der Waals surface area contributed by atoms with Crippen molar-refractivity contribution in [2.24, 2.45) is 0 Å². The number of phenolic OH excluding ortho intramolecular Hbond substituents is 1. The molecule has 5 heteroatoms. The van der Waals surface area contributed by atoms with Gasteiger partial charge in [0.05, 0.1) is 11.3 Å². The van der Waals surface area contributed by atoms with E-state index in [1.165, 1.54) is 0 Å². The Labute approximate surface area is 122 Å². The Morgan fingerprint density at radius 1 is 1.24 bits per heavy atom. The molecule has 0 aliphatic rings. The molecule has 0 amide bonds. The first-order valence-electron chi connectivity index (χ1n) is 6.61. The Hall–Kier alpha value is -3.00. The molecule has 0 aliphatic carbocycles. The van der Waals surface area contributed by atoms with E-state index >= 15 is 0 Å². The number of aromatic hydroxyl groups is 1. The van der Waals surface area contributed by atoms with Crippen LogP contribution in [0.5, 0.6) is 5.75 Å². The molecule has 2 heterocycles. The van der Waals surface area contributed by atoms with Gasteiger partial charge in [-0.1, -0.05) is 30.9 Å². The summed E-state index contributed by atoms with van der Waals surface area (Å²) in [6, 6.07) is 7.04. The molecular formula is C16H14N4O. The number of anilines is 1. The number of fused-ring (bicyclic) bond motifs is 1. The van der Waals surface area contributed by atoms with Crippen LogP contribution in [0.3, 0.4) is 0 Å². The van der Waals surface area contributed by atoms with E-state index in [0.717, 1.165) is 6.42 Å². The molecule has 0 spiro atoms. The van der Waals surface area contributed by atoms with Gasteiger partial charge < -0.3 is 10.8 Å². The quantitative estimate of drug-likeness (QED) is 0.670. The second-order valence-electron chi connectivity index (χ2n) is 4.55. The number of nitrogens with zero attached hydrogens (tertiary/aromatic N) is 3. The van der Waals surface area contributed by atoms with Gasteiger partial charge in [0, 0.05) is 24.4 Å². The fraction of sp³-hybridized carbons (Fsp3) is 0.125. The molecule has 0 atom stereocenters. The van der Waals surface area contributed by atoms with Crippen molar-refractivity contribution >= 4 is 11.6 Å². The molecule has 0 aliphatic heterocycles. The zero-order valence-electron chi connectivity index (χ0n) is 11.5. The normalized spacial score (nSPS) is 10.3. The van der Waals surface area contributed by atoms with Crippen molar-refractivity contribution in [2.45, 2.75) is 13.3 Å². The second kappa shape index (κ2) is 5.17. The Morgan fingerprint density at radius 3 is 2.81 bits per heavy atom. The Bertz CT molecular complexity index is 871. The average Bonchev–Trinajstić information content (AvgIpc) is 2.87. The predicted molar refractivity (Wildman–Crippen MR) is 81.7 cm³/mol. The first-order valence-corrected chi connectivity index (χ1v) is 6.61. The maximum atomic E-state index is 9.90. The molecule has 3 aromatic rings. The number of hydrogen-bond acceptors (Lipinski definition) is 4. The largest absolute Gasteiger partial charge is 0.507 e. The average molecular weight is 278 g/mol. The van der Waals surface area contributed by atoms with Gasteiger partial charge in [-0.15, -0.1) is 0 Å². The van der Waals surface area contributed by atoms with Gasteiger partial charge in [-0.3, -0.25) is 4.40 Å². The van der Waals surface area contributed by atoms with E-state index in [-0.39, 0.29) is 5.75 Å². The van der Waals surface area contributed by atoms with Crippen LogP contribution in [0.15, 0.2) is 36.7 Å². The number of nitrogen functional groups attached to an aromatic ring is 1. The third-order valence-corrected chi connectivity index (χ3v) is 3.06. The maximum absolute atomic E-state index is 9.90. The number of nitrogens with two attached hydrogens (primary N) is 1. The topological polar surface area (TPSA) is 76.4 Å². The van der Waals surface area contributed by atoms with Crippen molar-refractivity contribution in [3.8, 4) is 28.8 Å². The number of para-hydroxylation sites is 1. The molecule has 0 saturated heterocycles. The molecule has 0 unspecified atom stereocenters. The summed E-state index contributed by atoms with van der Waals surface area (Å²) in [5, 5.41) is 9.90. The van der Waals surface area contributed by atoms with Crippen LogP contribution >= 0.6 is 0 Å². The lowest BCUT2D eigenvalue weighted by atomic mass is 10.1. The first kappa shape index (κ1) is 13.0. The van der Waals surface area contributed by atoms with Crippen LogP contribution in [0.2, 0.25) is 0 Å². The maximum Gasteiger partial charge on any atom is 0.236 e. The fourth-order valence-electron chi connectivity index (χ4n) is 2.03. The van der Waals surface area contributed by atoms with E-state index in [1.807, 2.05) is 13.0 Å². The molecular weight excluding hydrogens is 264 g/mol. The van der Waals surface area contributed by atoms with Gasteiger partial charge in [0.2, 0.25) is 5.78 Å². The molecule has 104 valence electrons. The molecule has 0 bridgehead atoms. The molecule has 21 heavy (non-hydrogen) atoms. The molecule has 1 aromatic carbocycles. The summed E-state index contributed by atoms with van der Waals surface area (Å²) in [7, 11) is 0. The minimum absolute atomic E-state index is 0.180. The smallest absolute Gasteiger partial charge is 0.236 e. The molecule has 0 fully saturated rings. The van der Waals surface area contributed by atoms with Crippen molar-refractivity contribution in [3.05, 3.63) is 42.2 Å². The SMILES string of the molecule is CCC#Cc1cn2cc(-c3ccccc3O)nc2nc1N. The molecule has 3 rings (SSSR count). The van der Waals surface area contributed by atoms with Crippen LogP contribution in [0, 0.1) is 11.8 Å². The number of phenols is 1. The molecule has 5 nitrogen and oxygen atoms in total. The lowest BCUT2D eigenvalue weighted by molar-refractivity contribution is 0.477. The minimum Gasteiger partial charge on any atom is -0.507 e. The molecule has 3 N–H and O–H groups in total. The Kier molecular flexibility index (Phi) is 3.20. The van der Waals surface area contributed by atoms with Crippen molar-refractivity contribution in [2.75, 3.05) is 5.73 Å². The van der Waals surface area contributed by atoms with Crippen molar-refractivity contribution in [1.29, 1.82) is 0 Å². The van der Waals surface area contributed by atoms with Crippen LogP contribution in [0.25, 0.3) is 17.0 Å². The first-order chi connectivity index (χ1) is 10.2. The van der Waals surface area contributed by atoms with Gasteiger partial charge in [-0.2, -0.15) is 4.98 Å². The summed E-state index contributed by atoms with van der Waals surface area (Å²) in [5.74, 6) is 6.97. The highest BCUT2D eigenvalue weighted by Gasteiger charge is 2.10. The fourth-order valence-corrected chi connectivity index (χ4v) is 2.03. The summed E-state index contributed by atoms with van der Waals surface area (Å²) in [6.45, 7) is 1.97. The van der Waals surface area contributed by atoms with Gasteiger partial charge in [0.25, 0.3) is 0 Å². The van der Waals surface area contributed by atoms with Crippen LogP contribution in [-0.4, -0.2) is 19.5 Å². The third kappa shape index (κ3) is 2.39. The highest BCUT2D eigenvalue weighted by atomic mass is 16.3. The highest BCUT2D eigenvalue weighted by molar-refractivity contribution is 5.68. The van der Waals surface area contributed by atoms with Gasteiger partial charge in [-0.25, -0.2) is 4.98 Å². The summed E-state index contributed by atoms with van der Waals surface area (Å²) < 4.78 is 1.76. The zero-order chi connectivity index (χ0) is 14.8. The molecule has 0 radical (unpaired) electrons. The van der Waals surface area contributed by atoms with Crippen molar-refractivity contribution < 1.29 is 5.11 Å². The minimum atomic E-state index is 0.180. The van der Waals surface area contributed by atoms with E-state index in [2.05, 4.69) is 21.8 Å². The number of benzene rings is 1. The van der Waals surface area contributed by atoms with Crippen LogP contribution in [0.4, 0.5) is 5.82 Å². The van der Waals surface area contributed by atoms with Gasteiger partial charge in [-0.05, 0) is 12.1 Å². The second-order valence-corrected chi connectivity index (χ2v) is 4.55. The highest BCUT2D eigenvalue weighted by Crippen LogP contribution is 2.28.